The summed E-state index contributed by atoms with van der Waals surface area (Å²) in [5.41, 5.74) is 0. The predicted octanol–water partition coefficient (Wildman–Crippen LogP) is 3.11. The SMILES string of the molecule is CC(C)Oc1c(C(=O)Nc2nnn[nH]2)sc2cc(Cl)ccc12. The summed E-state index contributed by atoms with van der Waals surface area (Å²) in [5, 5.41) is 17.0. The minimum atomic E-state index is -0.341. The second-order valence-electron chi connectivity index (χ2n) is 4.77. The molecule has 0 spiro atoms. The number of anilines is 1. The molecule has 22 heavy (non-hydrogen) atoms. The van der Waals surface area contributed by atoms with E-state index in [0.29, 0.717) is 15.6 Å². The molecule has 0 aliphatic heterocycles. The molecule has 0 bridgehead atoms. The molecule has 3 aromatic rings. The van der Waals surface area contributed by atoms with E-state index in [-0.39, 0.29) is 18.0 Å². The number of nitrogens with one attached hydrogen (secondary N) is 2. The van der Waals surface area contributed by atoms with Crippen molar-refractivity contribution in [1.82, 2.24) is 20.6 Å². The van der Waals surface area contributed by atoms with Gasteiger partial charge in [-0.1, -0.05) is 16.7 Å². The van der Waals surface area contributed by atoms with Crippen molar-refractivity contribution in [2.45, 2.75) is 20.0 Å². The molecule has 0 aliphatic carbocycles. The van der Waals surface area contributed by atoms with Gasteiger partial charge in [0, 0.05) is 15.1 Å². The number of aromatic amines is 1. The van der Waals surface area contributed by atoms with Crippen molar-refractivity contribution in [3.05, 3.63) is 28.1 Å². The molecule has 1 aromatic carbocycles. The minimum absolute atomic E-state index is 0.0630. The Morgan fingerprint density at radius 2 is 2.27 bits per heavy atom. The van der Waals surface area contributed by atoms with Crippen molar-refractivity contribution in [3.63, 3.8) is 0 Å². The lowest BCUT2D eigenvalue weighted by atomic mass is 10.2. The van der Waals surface area contributed by atoms with E-state index < -0.39 is 0 Å². The van der Waals surface area contributed by atoms with Crippen LogP contribution in [0, 0.1) is 0 Å². The highest BCUT2D eigenvalue weighted by molar-refractivity contribution is 7.21. The van der Waals surface area contributed by atoms with Crippen LogP contribution < -0.4 is 10.1 Å². The summed E-state index contributed by atoms with van der Waals surface area (Å²) < 4.78 is 6.70. The first-order chi connectivity index (χ1) is 10.5. The van der Waals surface area contributed by atoms with E-state index in [2.05, 4.69) is 25.9 Å². The number of tetrazole rings is 1. The number of benzene rings is 1. The molecule has 114 valence electrons. The minimum Gasteiger partial charge on any atom is -0.489 e. The molecule has 0 fully saturated rings. The fourth-order valence-corrected chi connectivity index (χ4v) is 3.23. The predicted molar refractivity (Wildman–Crippen MR) is 84.7 cm³/mol. The van der Waals surface area contributed by atoms with Crippen LogP contribution in [0.4, 0.5) is 5.95 Å². The van der Waals surface area contributed by atoms with Gasteiger partial charge in [0.2, 0.25) is 5.95 Å². The van der Waals surface area contributed by atoms with Crippen LogP contribution in [-0.4, -0.2) is 32.6 Å². The van der Waals surface area contributed by atoms with E-state index in [1.807, 2.05) is 26.0 Å². The highest BCUT2D eigenvalue weighted by Crippen LogP contribution is 2.39. The summed E-state index contributed by atoms with van der Waals surface area (Å²) in [4.78, 5) is 12.9. The zero-order valence-electron chi connectivity index (χ0n) is 11.8. The van der Waals surface area contributed by atoms with Crippen molar-refractivity contribution in [1.29, 1.82) is 0 Å². The number of thiophene rings is 1. The number of carbonyl (C=O) groups excluding carboxylic acids is 1. The second-order valence-corrected chi connectivity index (χ2v) is 6.26. The lowest BCUT2D eigenvalue weighted by Crippen LogP contribution is -2.14. The molecule has 2 aromatic heterocycles. The Morgan fingerprint density at radius 3 is 2.95 bits per heavy atom. The van der Waals surface area contributed by atoms with Crippen LogP contribution >= 0.6 is 22.9 Å². The number of fused-ring (bicyclic) bond motifs is 1. The molecule has 0 unspecified atom stereocenters. The van der Waals surface area contributed by atoms with Gasteiger partial charge in [-0.15, -0.1) is 11.3 Å². The number of ether oxygens (including phenoxy) is 1. The summed E-state index contributed by atoms with van der Waals surface area (Å²) >= 11 is 7.32. The fourth-order valence-electron chi connectivity index (χ4n) is 1.93. The average molecular weight is 338 g/mol. The van der Waals surface area contributed by atoms with Crippen molar-refractivity contribution in [3.8, 4) is 5.75 Å². The average Bonchev–Trinajstić information content (AvgIpc) is 3.06. The zero-order valence-corrected chi connectivity index (χ0v) is 13.3. The van der Waals surface area contributed by atoms with Gasteiger partial charge in [-0.2, -0.15) is 0 Å². The summed E-state index contributed by atoms with van der Waals surface area (Å²) in [6.45, 7) is 3.81. The van der Waals surface area contributed by atoms with Crippen molar-refractivity contribution in [2.24, 2.45) is 0 Å². The smallest absolute Gasteiger partial charge is 0.271 e. The third-order valence-electron chi connectivity index (χ3n) is 2.74. The number of H-pyrrole nitrogens is 1. The molecule has 0 saturated heterocycles. The van der Waals surface area contributed by atoms with Gasteiger partial charge in [0.05, 0.1) is 6.10 Å². The quantitative estimate of drug-likeness (QED) is 0.763. The number of halogens is 1. The number of aromatic nitrogens is 4. The topological polar surface area (TPSA) is 92.8 Å². The Morgan fingerprint density at radius 1 is 1.45 bits per heavy atom. The van der Waals surface area contributed by atoms with Crippen molar-refractivity contribution >= 4 is 44.9 Å². The standard InChI is InChI=1S/C13H12ClN5O2S/c1-6(2)21-10-8-4-3-7(14)5-9(8)22-11(10)12(20)15-13-16-18-19-17-13/h3-6H,1-2H3,(H2,15,16,17,18,19,20). The maximum Gasteiger partial charge on any atom is 0.271 e. The molecule has 2 N–H and O–H groups in total. The molecule has 3 rings (SSSR count). The first-order valence-corrected chi connectivity index (χ1v) is 7.68. The van der Waals surface area contributed by atoms with Gasteiger partial charge in [0.25, 0.3) is 5.91 Å². The number of hydrogen-bond acceptors (Lipinski definition) is 6. The van der Waals surface area contributed by atoms with Gasteiger partial charge in [0.15, 0.2) is 5.75 Å². The Balaban J connectivity index is 2.04. The zero-order chi connectivity index (χ0) is 15.7. The fraction of sp³-hybridized carbons (Fsp3) is 0.231. The largest absolute Gasteiger partial charge is 0.489 e. The highest BCUT2D eigenvalue weighted by Gasteiger charge is 2.21. The lowest BCUT2D eigenvalue weighted by Gasteiger charge is -2.10. The van der Waals surface area contributed by atoms with Crippen LogP contribution in [-0.2, 0) is 0 Å². The number of carbonyl (C=O) groups is 1. The Bertz CT molecular complexity index is 815. The Kier molecular flexibility index (Phi) is 3.95. The molecule has 0 aliphatic rings. The molecule has 1 amide bonds. The van der Waals surface area contributed by atoms with E-state index in [1.165, 1.54) is 11.3 Å². The lowest BCUT2D eigenvalue weighted by molar-refractivity contribution is 0.102. The third kappa shape index (κ3) is 2.88. The molecule has 0 saturated carbocycles. The van der Waals surface area contributed by atoms with Crippen LogP contribution in [0.3, 0.4) is 0 Å². The number of hydrogen-bond donors (Lipinski definition) is 2. The summed E-state index contributed by atoms with van der Waals surface area (Å²) in [7, 11) is 0. The van der Waals surface area contributed by atoms with E-state index in [9.17, 15) is 4.79 Å². The van der Waals surface area contributed by atoms with Crippen molar-refractivity contribution < 1.29 is 9.53 Å². The monoisotopic (exact) mass is 337 g/mol. The maximum absolute atomic E-state index is 12.4. The summed E-state index contributed by atoms with van der Waals surface area (Å²) in [5.74, 6) is 0.374. The van der Waals surface area contributed by atoms with Gasteiger partial charge < -0.3 is 4.74 Å². The molecular formula is C13H12ClN5O2S. The molecule has 2 heterocycles. The molecule has 7 nitrogen and oxygen atoms in total. The number of nitrogens with zero attached hydrogens (tertiary/aromatic N) is 3. The number of amides is 1. The highest BCUT2D eigenvalue weighted by atomic mass is 35.5. The summed E-state index contributed by atoms with van der Waals surface area (Å²) in [6.07, 6.45) is -0.0630. The first kappa shape index (κ1) is 14.7. The van der Waals surface area contributed by atoms with E-state index in [1.54, 1.807) is 6.07 Å². The van der Waals surface area contributed by atoms with Crippen molar-refractivity contribution in [2.75, 3.05) is 5.32 Å². The summed E-state index contributed by atoms with van der Waals surface area (Å²) in [6, 6.07) is 5.42. The van der Waals surface area contributed by atoms with E-state index >= 15 is 0 Å². The van der Waals surface area contributed by atoms with E-state index in [4.69, 9.17) is 16.3 Å². The Hall–Kier alpha value is -2.19. The van der Waals surface area contributed by atoms with Crippen LogP contribution in [0.25, 0.3) is 10.1 Å². The van der Waals surface area contributed by atoms with Crippen LogP contribution in [0.15, 0.2) is 18.2 Å². The number of rotatable bonds is 4. The first-order valence-electron chi connectivity index (χ1n) is 6.48. The normalized spacial score (nSPS) is 11.1. The van der Waals surface area contributed by atoms with Crippen LogP contribution in [0.5, 0.6) is 5.75 Å². The van der Waals surface area contributed by atoms with Gasteiger partial charge in [-0.05, 0) is 42.5 Å². The van der Waals surface area contributed by atoms with Gasteiger partial charge >= 0.3 is 0 Å². The van der Waals surface area contributed by atoms with Crippen LogP contribution in [0.2, 0.25) is 5.02 Å². The second kappa shape index (κ2) is 5.90. The third-order valence-corrected chi connectivity index (χ3v) is 4.11. The maximum atomic E-state index is 12.4. The molecular weight excluding hydrogens is 326 g/mol. The molecule has 0 radical (unpaired) electrons. The van der Waals surface area contributed by atoms with Gasteiger partial charge in [-0.3, -0.25) is 10.1 Å². The molecule has 0 atom stereocenters. The van der Waals surface area contributed by atoms with Gasteiger partial charge in [-0.25, -0.2) is 5.10 Å². The van der Waals surface area contributed by atoms with Crippen LogP contribution in [0.1, 0.15) is 23.5 Å². The molecule has 9 heteroatoms. The Labute approximate surface area is 134 Å². The van der Waals surface area contributed by atoms with E-state index in [0.717, 1.165) is 10.1 Å². The van der Waals surface area contributed by atoms with Gasteiger partial charge in [0.1, 0.15) is 4.88 Å².